The standard InChI is InChI=1S/C40H63N11O7.C2HF3O2/c1-9-58-23-31-45-34-35(51(31)24-40(4,5)57)26-13-10-11-14-27(26)44-36(34)47-38(55)33(25(2)3)46-37(54)29-15-12-17-50(29)39(56)28(21-30(41)52)43-32(53)22-49(8)20-19-48(7)18-16-42-6;3-2(4,5)1(6)7/h10-11,13-14,25,28-29,33,42,57H,9,12,15-24H2,1-8H3,(H2,41,52)(H,43,53)(H,46,54)(H,44,47,55);(H,6,7)/t28-,29-,33-;/m0./s1. The van der Waals surface area contributed by atoms with Crippen LogP contribution in [0.2, 0.25) is 0 Å². The lowest BCUT2D eigenvalue weighted by Gasteiger charge is -2.30. The van der Waals surface area contributed by atoms with Crippen LogP contribution in [-0.4, -0.2) is 172 Å². The molecule has 0 aliphatic carbocycles. The van der Waals surface area contributed by atoms with Crippen molar-refractivity contribution in [2.45, 2.75) is 96.9 Å². The van der Waals surface area contributed by atoms with Gasteiger partial charge in [-0.05, 0) is 66.7 Å². The van der Waals surface area contributed by atoms with Gasteiger partial charge in [-0.1, -0.05) is 32.0 Å². The zero-order chi connectivity index (χ0) is 48.8. The lowest BCUT2D eigenvalue weighted by molar-refractivity contribution is -0.192. The van der Waals surface area contributed by atoms with Crippen molar-refractivity contribution < 1.29 is 56.9 Å². The summed E-state index contributed by atoms with van der Waals surface area (Å²) < 4.78 is 39.3. The van der Waals surface area contributed by atoms with Crippen LogP contribution in [0, 0.1) is 5.92 Å². The fraction of sp³-hybridized carbons (Fsp3) is 0.619. The van der Waals surface area contributed by atoms with Crippen LogP contribution in [0.1, 0.15) is 59.7 Å². The number of imidazole rings is 1. The summed E-state index contributed by atoms with van der Waals surface area (Å²) in [5, 5.41) is 30.3. The van der Waals surface area contributed by atoms with E-state index in [2.05, 4.69) is 26.2 Å². The van der Waals surface area contributed by atoms with E-state index in [0.29, 0.717) is 48.4 Å². The highest BCUT2D eigenvalue weighted by Crippen LogP contribution is 2.32. The number of likely N-dealkylation sites (tertiary alicyclic amines) is 1. The number of aliphatic hydroxyl groups is 1. The number of amides is 5. The molecule has 1 saturated heterocycles. The zero-order valence-electron chi connectivity index (χ0n) is 38.3. The highest BCUT2D eigenvalue weighted by Gasteiger charge is 2.40. The summed E-state index contributed by atoms with van der Waals surface area (Å²) >= 11 is 0. The van der Waals surface area contributed by atoms with Crippen LogP contribution in [0.3, 0.4) is 0 Å². The Hall–Kier alpha value is -5.49. The number of likely N-dealkylation sites (N-methyl/N-ethyl adjacent to an activating group) is 3. The molecular formula is C42H64F3N11O9. The lowest BCUT2D eigenvalue weighted by Crippen LogP contribution is -2.57. The molecule has 23 heteroatoms. The average molecular weight is 924 g/mol. The van der Waals surface area contributed by atoms with Crippen LogP contribution < -0.4 is 27.0 Å². The van der Waals surface area contributed by atoms with Gasteiger partial charge in [-0.15, -0.1) is 0 Å². The summed E-state index contributed by atoms with van der Waals surface area (Å²) in [5.74, 6) is -5.32. The van der Waals surface area contributed by atoms with E-state index in [9.17, 15) is 42.3 Å². The monoisotopic (exact) mass is 923 g/mol. The Kier molecular flexibility index (Phi) is 20.0. The number of hydrogen-bond donors (Lipinski definition) is 7. The van der Waals surface area contributed by atoms with Gasteiger partial charge in [0.05, 0.1) is 36.1 Å². The fourth-order valence-corrected chi connectivity index (χ4v) is 7.03. The molecule has 20 nitrogen and oxygen atoms in total. The number of benzene rings is 1. The summed E-state index contributed by atoms with van der Waals surface area (Å²) in [6, 6.07) is 4.18. The number of nitrogens with one attached hydrogen (secondary N) is 4. The number of hydrogen-bond acceptors (Lipinski definition) is 13. The Balaban J connectivity index is 0.00000148. The number of primary amides is 1. The number of carbonyl (C=O) groups excluding carboxylic acids is 5. The first-order valence-corrected chi connectivity index (χ1v) is 21.3. The van der Waals surface area contributed by atoms with Crippen molar-refractivity contribution in [1.82, 2.24) is 45.2 Å². The molecule has 8 N–H and O–H groups in total. The summed E-state index contributed by atoms with van der Waals surface area (Å²) in [7, 11) is 5.66. The van der Waals surface area contributed by atoms with Crippen LogP contribution in [0.15, 0.2) is 24.3 Å². The second-order valence-corrected chi connectivity index (χ2v) is 16.9. The molecule has 0 bridgehead atoms. The van der Waals surface area contributed by atoms with Gasteiger partial charge < -0.3 is 56.3 Å². The minimum atomic E-state index is -5.08. The van der Waals surface area contributed by atoms with Gasteiger partial charge in [0.1, 0.15) is 36.1 Å². The van der Waals surface area contributed by atoms with Crippen molar-refractivity contribution in [3.63, 3.8) is 0 Å². The van der Waals surface area contributed by atoms with E-state index < -0.39 is 71.8 Å². The first-order chi connectivity index (χ1) is 30.4. The average Bonchev–Trinajstić information content (AvgIpc) is 3.84. The molecule has 4 rings (SSSR count). The smallest absolute Gasteiger partial charge is 0.475 e. The molecule has 1 aliphatic heterocycles. The number of carboxylic acids is 1. The summed E-state index contributed by atoms with van der Waals surface area (Å²) in [6.45, 7) is 12.9. The molecule has 1 aliphatic rings. The van der Waals surface area contributed by atoms with Crippen molar-refractivity contribution >= 4 is 63.3 Å². The SMILES string of the molecule is CCOCc1nc2c(NC(=O)[C@@H](NC(=O)[C@@H]3CCCN3C(=O)[C@H](CC(N)=O)NC(=O)CN(C)CCN(C)CCNC)C(C)C)nc3ccccc3c2n1CC(C)(C)O.O=C(O)C(F)(F)F. The fourth-order valence-electron chi connectivity index (χ4n) is 7.03. The Morgan fingerprint density at radius 1 is 1.02 bits per heavy atom. The molecule has 0 unspecified atom stereocenters. The maximum atomic E-state index is 14.1. The van der Waals surface area contributed by atoms with Gasteiger partial charge in [0.2, 0.25) is 29.5 Å². The van der Waals surface area contributed by atoms with E-state index in [0.717, 1.165) is 25.0 Å². The van der Waals surface area contributed by atoms with E-state index in [1.54, 1.807) is 34.7 Å². The third-order valence-corrected chi connectivity index (χ3v) is 10.3. The molecule has 0 spiro atoms. The molecule has 1 aromatic carbocycles. The first-order valence-electron chi connectivity index (χ1n) is 21.3. The number of carbonyl (C=O) groups is 6. The minimum absolute atomic E-state index is 0.0105. The van der Waals surface area contributed by atoms with E-state index in [1.807, 2.05) is 54.8 Å². The van der Waals surface area contributed by atoms with Crippen molar-refractivity contribution in [3.8, 4) is 0 Å². The zero-order valence-corrected chi connectivity index (χ0v) is 38.3. The van der Waals surface area contributed by atoms with Crippen LogP contribution in [0.25, 0.3) is 21.9 Å². The van der Waals surface area contributed by atoms with E-state index >= 15 is 0 Å². The van der Waals surface area contributed by atoms with Gasteiger partial charge in [-0.2, -0.15) is 13.2 Å². The van der Waals surface area contributed by atoms with E-state index in [-0.39, 0.29) is 38.0 Å². The lowest BCUT2D eigenvalue weighted by atomic mass is 10.0. The number of halogens is 3. The number of ether oxygens (including phenoxy) is 1. The maximum absolute atomic E-state index is 14.1. The number of aromatic nitrogens is 3. The second-order valence-electron chi connectivity index (χ2n) is 16.9. The second kappa shape index (κ2) is 24.2. The molecule has 1 fully saturated rings. The van der Waals surface area contributed by atoms with Gasteiger partial charge in [-0.3, -0.25) is 28.9 Å². The molecule has 0 radical (unpaired) electrons. The van der Waals surface area contributed by atoms with Crippen LogP contribution >= 0.6 is 0 Å². The topological polar surface area (TPSA) is 267 Å². The number of pyridine rings is 1. The van der Waals surface area contributed by atoms with E-state index in [4.69, 9.17) is 30.3 Å². The number of carboxylic acid groups (broad SMARTS) is 1. The van der Waals surface area contributed by atoms with Gasteiger partial charge in [0, 0.05) is 44.7 Å². The van der Waals surface area contributed by atoms with Crippen molar-refractivity contribution in [2.75, 3.05) is 72.3 Å². The normalized spacial score (nSPS) is 15.2. The Morgan fingerprint density at radius 3 is 2.25 bits per heavy atom. The Morgan fingerprint density at radius 2 is 1.66 bits per heavy atom. The number of alkyl halides is 3. The largest absolute Gasteiger partial charge is 0.490 e. The number of para-hydroxylation sites is 1. The summed E-state index contributed by atoms with van der Waals surface area (Å²) in [6.07, 6.45) is -4.70. The summed E-state index contributed by atoms with van der Waals surface area (Å²) in [5.41, 5.74) is 6.06. The van der Waals surface area contributed by atoms with Crippen LogP contribution in [-0.2, 0) is 46.7 Å². The highest BCUT2D eigenvalue weighted by molar-refractivity contribution is 6.10. The molecule has 3 atom stereocenters. The predicted molar refractivity (Wildman–Crippen MR) is 235 cm³/mol. The maximum Gasteiger partial charge on any atom is 0.490 e. The van der Waals surface area contributed by atoms with Gasteiger partial charge in [-0.25, -0.2) is 14.8 Å². The van der Waals surface area contributed by atoms with E-state index in [1.165, 1.54) is 4.90 Å². The number of nitrogens with two attached hydrogens (primary N) is 1. The molecular weight excluding hydrogens is 860 g/mol. The van der Waals surface area contributed by atoms with Gasteiger partial charge >= 0.3 is 12.1 Å². The number of nitrogens with zero attached hydrogens (tertiary/aromatic N) is 6. The highest BCUT2D eigenvalue weighted by atomic mass is 19.4. The van der Waals surface area contributed by atoms with Crippen molar-refractivity contribution in [2.24, 2.45) is 11.7 Å². The minimum Gasteiger partial charge on any atom is -0.475 e. The first kappa shape index (κ1) is 53.8. The third kappa shape index (κ3) is 16.2. The van der Waals surface area contributed by atoms with Gasteiger partial charge in [0.25, 0.3) is 0 Å². The van der Waals surface area contributed by atoms with Crippen LogP contribution in [0.5, 0.6) is 0 Å². The predicted octanol–water partition coefficient (Wildman–Crippen LogP) is 1.04. The molecule has 2 aromatic heterocycles. The van der Waals surface area contributed by atoms with Crippen molar-refractivity contribution in [3.05, 3.63) is 30.1 Å². The molecule has 5 amide bonds. The molecule has 3 aromatic rings. The quantitative estimate of drug-likeness (QED) is 0.0743. The molecule has 362 valence electrons. The number of fused-ring (bicyclic) bond motifs is 3. The van der Waals surface area contributed by atoms with Crippen molar-refractivity contribution in [1.29, 1.82) is 0 Å². The number of anilines is 1. The Bertz CT molecular complexity index is 2130. The molecule has 3 heterocycles. The third-order valence-electron chi connectivity index (χ3n) is 10.3. The summed E-state index contributed by atoms with van der Waals surface area (Å²) in [4.78, 5) is 90.9. The number of rotatable bonds is 22. The Labute approximate surface area is 375 Å². The number of aliphatic carboxylic acids is 1. The molecule has 0 saturated carbocycles. The van der Waals surface area contributed by atoms with Crippen LogP contribution in [0.4, 0.5) is 19.0 Å². The van der Waals surface area contributed by atoms with Gasteiger partial charge in [0.15, 0.2) is 5.82 Å². The molecule has 65 heavy (non-hydrogen) atoms.